The fraction of sp³-hybridized carbons (Fsp3) is 0.500. The van der Waals surface area contributed by atoms with Crippen LogP contribution in [0.5, 0.6) is 0 Å². The first-order valence-corrected chi connectivity index (χ1v) is 7.49. The van der Waals surface area contributed by atoms with Crippen molar-refractivity contribution >= 4 is 11.9 Å². The van der Waals surface area contributed by atoms with Gasteiger partial charge in [-0.15, -0.1) is 0 Å². The van der Waals surface area contributed by atoms with E-state index in [-0.39, 0.29) is 23.9 Å². The summed E-state index contributed by atoms with van der Waals surface area (Å²) >= 11 is 0. The van der Waals surface area contributed by atoms with Crippen LogP contribution in [0.3, 0.4) is 0 Å². The summed E-state index contributed by atoms with van der Waals surface area (Å²) in [6, 6.07) is 3.96. The van der Waals surface area contributed by atoms with Crippen molar-refractivity contribution in [1.29, 1.82) is 0 Å². The van der Waals surface area contributed by atoms with Crippen LogP contribution in [0.1, 0.15) is 48.0 Å². The molecule has 1 aliphatic heterocycles. The fourth-order valence-corrected chi connectivity index (χ4v) is 2.83. The molecule has 0 radical (unpaired) electrons. The van der Waals surface area contributed by atoms with Crippen LogP contribution < -0.4 is 0 Å². The summed E-state index contributed by atoms with van der Waals surface area (Å²) in [4.78, 5) is 24.8. The Morgan fingerprint density at radius 2 is 1.83 bits per heavy atom. The van der Waals surface area contributed by atoms with Crippen molar-refractivity contribution in [2.45, 2.75) is 44.3 Å². The second-order valence-corrected chi connectivity index (χ2v) is 5.66. The van der Waals surface area contributed by atoms with Gasteiger partial charge in [-0.25, -0.2) is 0 Å². The summed E-state index contributed by atoms with van der Waals surface area (Å²) in [6.07, 6.45) is -1.64. The SMILES string of the molecule is O=C(O)CCC1CCCCN1C(=O)c1ccc(C(F)(F)F)cc1. The third kappa shape index (κ3) is 4.46. The predicted molar refractivity (Wildman–Crippen MR) is 77.0 cm³/mol. The van der Waals surface area contributed by atoms with Crippen molar-refractivity contribution < 1.29 is 27.9 Å². The molecule has 0 aliphatic carbocycles. The molecule has 1 atom stereocenters. The first-order valence-electron chi connectivity index (χ1n) is 7.49. The average Bonchev–Trinajstić information content (AvgIpc) is 2.52. The number of carboxylic acids is 1. The highest BCUT2D eigenvalue weighted by Gasteiger charge is 2.31. The van der Waals surface area contributed by atoms with Gasteiger partial charge < -0.3 is 10.0 Å². The molecule has 1 aromatic rings. The number of nitrogens with zero attached hydrogens (tertiary/aromatic N) is 1. The van der Waals surface area contributed by atoms with Crippen LogP contribution in [-0.4, -0.2) is 34.5 Å². The van der Waals surface area contributed by atoms with E-state index >= 15 is 0 Å². The minimum atomic E-state index is -4.43. The number of halogens is 3. The maximum absolute atomic E-state index is 12.6. The van der Waals surface area contributed by atoms with Gasteiger partial charge >= 0.3 is 12.1 Å². The topological polar surface area (TPSA) is 57.6 Å². The number of aliphatic carboxylic acids is 1. The van der Waals surface area contributed by atoms with Crippen LogP contribution in [0.4, 0.5) is 13.2 Å². The van der Waals surface area contributed by atoms with E-state index < -0.39 is 17.7 Å². The lowest BCUT2D eigenvalue weighted by atomic mass is 9.96. The lowest BCUT2D eigenvalue weighted by molar-refractivity contribution is -0.138. The molecule has 0 spiro atoms. The lowest BCUT2D eigenvalue weighted by Gasteiger charge is -2.35. The molecule has 7 heteroatoms. The number of carboxylic acid groups (broad SMARTS) is 1. The number of amides is 1. The van der Waals surface area contributed by atoms with Crippen LogP contribution in [0.2, 0.25) is 0 Å². The number of hydrogen-bond donors (Lipinski definition) is 1. The summed E-state index contributed by atoms with van der Waals surface area (Å²) in [7, 11) is 0. The molecule has 0 saturated carbocycles. The largest absolute Gasteiger partial charge is 0.481 e. The molecule has 1 aliphatic rings. The lowest BCUT2D eigenvalue weighted by Crippen LogP contribution is -2.44. The van der Waals surface area contributed by atoms with Gasteiger partial charge in [0.1, 0.15) is 0 Å². The second-order valence-electron chi connectivity index (χ2n) is 5.66. The average molecular weight is 329 g/mol. The molecule has 126 valence electrons. The summed E-state index contributed by atoms with van der Waals surface area (Å²) in [5.74, 6) is -1.26. The summed E-state index contributed by atoms with van der Waals surface area (Å²) in [6.45, 7) is 0.504. The number of likely N-dealkylation sites (tertiary alicyclic amines) is 1. The van der Waals surface area contributed by atoms with Crippen molar-refractivity contribution in [2.24, 2.45) is 0 Å². The Kier molecular flexibility index (Phi) is 5.28. The Morgan fingerprint density at radius 1 is 1.17 bits per heavy atom. The van der Waals surface area contributed by atoms with Gasteiger partial charge in [0, 0.05) is 24.6 Å². The molecule has 1 unspecified atom stereocenters. The Balaban J connectivity index is 2.11. The number of carbonyl (C=O) groups excluding carboxylic acids is 1. The molecule has 2 rings (SSSR count). The number of benzene rings is 1. The number of piperidine rings is 1. The van der Waals surface area contributed by atoms with Gasteiger partial charge in [0.15, 0.2) is 0 Å². The van der Waals surface area contributed by atoms with Crippen molar-refractivity contribution in [2.75, 3.05) is 6.54 Å². The van der Waals surface area contributed by atoms with Crippen molar-refractivity contribution in [3.05, 3.63) is 35.4 Å². The molecule has 4 nitrogen and oxygen atoms in total. The van der Waals surface area contributed by atoms with E-state index in [1.165, 1.54) is 12.1 Å². The molecule has 1 aromatic carbocycles. The van der Waals surface area contributed by atoms with Gasteiger partial charge in [0.05, 0.1) is 5.56 Å². The Morgan fingerprint density at radius 3 is 2.39 bits per heavy atom. The molecular formula is C16H18F3NO3. The smallest absolute Gasteiger partial charge is 0.416 e. The minimum Gasteiger partial charge on any atom is -0.481 e. The molecule has 1 heterocycles. The number of rotatable bonds is 4. The number of alkyl halides is 3. The normalized spacial score (nSPS) is 18.7. The van der Waals surface area contributed by atoms with Gasteiger partial charge in [0.25, 0.3) is 5.91 Å². The maximum Gasteiger partial charge on any atom is 0.416 e. The van der Waals surface area contributed by atoms with Gasteiger partial charge in [0.2, 0.25) is 0 Å². The maximum atomic E-state index is 12.6. The molecular weight excluding hydrogens is 311 g/mol. The third-order valence-electron chi connectivity index (χ3n) is 4.04. The summed E-state index contributed by atoms with van der Waals surface area (Å²) < 4.78 is 37.7. The third-order valence-corrected chi connectivity index (χ3v) is 4.04. The zero-order chi connectivity index (χ0) is 17.0. The van der Waals surface area contributed by atoms with E-state index in [9.17, 15) is 22.8 Å². The van der Waals surface area contributed by atoms with E-state index in [1.54, 1.807) is 4.90 Å². The molecule has 1 fully saturated rings. The Labute approximate surface area is 131 Å². The van der Waals surface area contributed by atoms with Crippen LogP contribution in [0.15, 0.2) is 24.3 Å². The Hall–Kier alpha value is -2.05. The zero-order valence-corrected chi connectivity index (χ0v) is 12.5. The highest BCUT2D eigenvalue weighted by molar-refractivity contribution is 5.94. The van der Waals surface area contributed by atoms with Crippen LogP contribution >= 0.6 is 0 Å². The van der Waals surface area contributed by atoms with Crippen molar-refractivity contribution in [1.82, 2.24) is 4.90 Å². The zero-order valence-electron chi connectivity index (χ0n) is 12.5. The van der Waals surface area contributed by atoms with Crippen LogP contribution in [0.25, 0.3) is 0 Å². The monoisotopic (exact) mass is 329 g/mol. The van der Waals surface area contributed by atoms with E-state index in [0.29, 0.717) is 13.0 Å². The fourth-order valence-electron chi connectivity index (χ4n) is 2.83. The number of hydrogen-bond acceptors (Lipinski definition) is 2. The van der Waals surface area contributed by atoms with E-state index in [2.05, 4.69) is 0 Å². The van der Waals surface area contributed by atoms with Crippen LogP contribution in [0, 0.1) is 0 Å². The summed E-state index contributed by atoms with van der Waals surface area (Å²) in [5, 5.41) is 8.78. The molecule has 0 bridgehead atoms. The molecule has 1 saturated heterocycles. The quantitative estimate of drug-likeness (QED) is 0.919. The van der Waals surface area contributed by atoms with E-state index in [0.717, 1.165) is 31.4 Å². The first kappa shape index (κ1) is 17.3. The first-order chi connectivity index (χ1) is 10.8. The van der Waals surface area contributed by atoms with Gasteiger partial charge in [-0.05, 0) is 49.9 Å². The number of carbonyl (C=O) groups is 2. The molecule has 1 N–H and O–H groups in total. The van der Waals surface area contributed by atoms with E-state index in [1.807, 2.05) is 0 Å². The van der Waals surface area contributed by atoms with Crippen LogP contribution in [-0.2, 0) is 11.0 Å². The van der Waals surface area contributed by atoms with Crippen molar-refractivity contribution in [3.8, 4) is 0 Å². The second kappa shape index (κ2) is 7.02. The standard InChI is InChI=1S/C16H18F3NO3/c17-16(18,19)12-6-4-11(5-7-12)15(23)20-10-2-1-3-13(20)8-9-14(21)22/h4-7,13H,1-3,8-10H2,(H,21,22). The van der Waals surface area contributed by atoms with Crippen molar-refractivity contribution in [3.63, 3.8) is 0 Å². The van der Waals surface area contributed by atoms with Gasteiger partial charge in [-0.1, -0.05) is 0 Å². The molecule has 23 heavy (non-hydrogen) atoms. The van der Waals surface area contributed by atoms with E-state index in [4.69, 9.17) is 5.11 Å². The molecule has 1 amide bonds. The molecule has 0 aromatic heterocycles. The minimum absolute atomic E-state index is 0.0263. The predicted octanol–water partition coefficient (Wildman–Crippen LogP) is 3.56. The van der Waals surface area contributed by atoms with Gasteiger partial charge in [-0.3, -0.25) is 9.59 Å². The summed E-state index contributed by atoms with van der Waals surface area (Å²) in [5.41, 5.74) is -0.602. The Bertz CT molecular complexity index is 569. The highest BCUT2D eigenvalue weighted by atomic mass is 19.4. The van der Waals surface area contributed by atoms with Gasteiger partial charge in [-0.2, -0.15) is 13.2 Å². The highest BCUT2D eigenvalue weighted by Crippen LogP contribution is 2.30.